The largest absolute Gasteiger partial charge is 0.480 e. The van der Waals surface area contributed by atoms with Crippen LogP contribution in [0.25, 0.3) is 0 Å². The van der Waals surface area contributed by atoms with Crippen molar-refractivity contribution in [3.05, 3.63) is 22.4 Å². The predicted molar refractivity (Wildman–Crippen MR) is 57.7 cm³/mol. The maximum Gasteiger partial charge on any atom is 0.326 e. The molecular weight excluding hydrogens is 226 g/mol. The molecule has 1 aliphatic heterocycles. The summed E-state index contributed by atoms with van der Waals surface area (Å²) < 4.78 is 0. The number of carbonyl (C=O) groups excluding carboxylic acids is 1. The third-order valence-electron chi connectivity index (χ3n) is 2.87. The number of hydrogen-bond acceptors (Lipinski definition) is 3. The molecule has 1 amide bonds. The summed E-state index contributed by atoms with van der Waals surface area (Å²) in [5, 5.41) is 9.04. The summed E-state index contributed by atoms with van der Waals surface area (Å²) in [6.07, 6.45) is 3.29. The Morgan fingerprint density at radius 1 is 1.41 bits per heavy atom. The third-order valence-corrected chi connectivity index (χ3v) is 2.87. The number of amides is 1. The van der Waals surface area contributed by atoms with Gasteiger partial charge in [-0.05, 0) is 19.3 Å². The molecule has 1 aromatic heterocycles. The SMILES string of the molecule is O=C(O)[C@H]1CCCCN1C(=O)c1c[nH]c(=O)[nH]1. The van der Waals surface area contributed by atoms with Crippen molar-refractivity contribution in [2.75, 3.05) is 6.54 Å². The van der Waals surface area contributed by atoms with Gasteiger partial charge in [-0.1, -0.05) is 0 Å². The number of hydrogen-bond donors (Lipinski definition) is 3. The first-order valence-corrected chi connectivity index (χ1v) is 5.41. The average Bonchev–Trinajstić information content (AvgIpc) is 2.75. The van der Waals surface area contributed by atoms with Crippen LogP contribution in [-0.4, -0.2) is 44.4 Å². The van der Waals surface area contributed by atoms with Gasteiger partial charge in [0.15, 0.2) is 0 Å². The lowest BCUT2D eigenvalue weighted by molar-refractivity contribution is -0.143. The normalized spacial score (nSPS) is 20.2. The van der Waals surface area contributed by atoms with Crippen LogP contribution in [0.15, 0.2) is 11.0 Å². The molecule has 0 aliphatic carbocycles. The second-order valence-corrected chi connectivity index (χ2v) is 4.00. The number of rotatable bonds is 2. The number of nitrogens with one attached hydrogen (secondary N) is 2. The number of H-pyrrole nitrogens is 2. The monoisotopic (exact) mass is 239 g/mol. The minimum atomic E-state index is -1.00. The van der Waals surface area contributed by atoms with Crippen molar-refractivity contribution >= 4 is 11.9 Å². The summed E-state index contributed by atoms with van der Waals surface area (Å²) in [5.41, 5.74) is -0.375. The van der Waals surface area contributed by atoms with E-state index in [0.29, 0.717) is 13.0 Å². The Kier molecular flexibility index (Phi) is 2.99. The van der Waals surface area contributed by atoms with E-state index in [9.17, 15) is 14.4 Å². The summed E-state index contributed by atoms with van der Waals surface area (Å²) in [4.78, 5) is 39.9. The van der Waals surface area contributed by atoms with Gasteiger partial charge in [-0.25, -0.2) is 9.59 Å². The van der Waals surface area contributed by atoms with Gasteiger partial charge in [-0.15, -0.1) is 0 Å². The van der Waals surface area contributed by atoms with Gasteiger partial charge in [0.2, 0.25) is 0 Å². The summed E-state index contributed by atoms with van der Waals surface area (Å²) in [6, 6.07) is -0.797. The van der Waals surface area contributed by atoms with Crippen LogP contribution in [0.3, 0.4) is 0 Å². The number of aromatic amines is 2. The molecule has 1 aromatic rings. The predicted octanol–water partition coefficient (Wildman–Crippen LogP) is -0.218. The van der Waals surface area contributed by atoms with E-state index in [1.54, 1.807) is 0 Å². The van der Waals surface area contributed by atoms with E-state index in [4.69, 9.17) is 5.11 Å². The van der Waals surface area contributed by atoms with E-state index in [-0.39, 0.29) is 5.69 Å². The zero-order valence-electron chi connectivity index (χ0n) is 9.10. The van der Waals surface area contributed by atoms with E-state index in [1.165, 1.54) is 11.1 Å². The molecule has 2 rings (SSSR count). The van der Waals surface area contributed by atoms with Gasteiger partial charge in [0, 0.05) is 12.7 Å². The quantitative estimate of drug-likeness (QED) is 0.663. The molecule has 0 radical (unpaired) electrons. The van der Waals surface area contributed by atoms with Crippen molar-refractivity contribution < 1.29 is 14.7 Å². The van der Waals surface area contributed by atoms with Crippen molar-refractivity contribution in [1.29, 1.82) is 0 Å². The van der Waals surface area contributed by atoms with Gasteiger partial charge in [0.05, 0.1) is 0 Å². The van der Waals surface area contributed by atoms with Crippen LogP contribution < -0.4 is 5.69 Å². The van der Waals surface area contributed by atoms with Crippen LogP contribution in [0.5, 0.6) is 0 Å². The highest BCUT2D eigenvalue weighted by molar-refractivity contribution is 5.94. The van der Waals surface area contributed by atoms with E-state index >= 15 is 0 Å². The number of aromatic nitrogens is 2. The molecule has 0 unspecified atom stereocenters. The Hall–Kier alpha value is -2.05. The van der Waals surface area contributed by atoms with Crippen LogP contribution in [0.1, 0.15) is 29.8 Å². The Bertz CT molecular complexity index is 490. The highest BCUT2D eigenvalue weighted by Crippen LogP contribution is 2.18. The minimum Gasteiger partial charge on any atom is -0.480 e. The molecule has 0 saturated carbocycles. The maximum atomic E-state index is 12.0. The summed E-state index contributed by atoms with van der Waals surface area (Å²) >= 11 is 0. The number of carbonyl (C=O) groups is 2. The average molecular weight is 239 g/mol. The molecular formula is C10H13N3O4. The first-order chi connectivity index (χ1) is 8.09. The van der Waals surface area contributed by atoms with Gasteiger partial charge >= 0.3 is 11.7 Å². The van der Waals surface area contributed by atoms with Gasteiger partial charge in [-0.3, -0.25) is 4.79 Å². The number of piperidine rings is 1. The molecule has 3 N–H and O–H groups in total. The molecule has 0 spiro atoms. The number of carboxylic acid groups (broad SMARTS) is 1. The van der Waals surface area contributed by atoms with E-state index in [0.717, 1.165) is 12.8 Å². The smallest absolute Gasteiger partial charge is 0.326 e. The van der Waals surface area contributed by atoms with E-state index < -0.39 is 23.6 Å². The Morgan fingerprint density at radius 2 is 2.18 bits per heavy atom. The van der Waals surface area contributed by atoms with Crippen LogP contribution in [0.4, 0.5) is 0 Å². The molecule has 92 valence electrons. The van der Waals surface area contributed by atoms with Crippen LogP contribution in [0, 0.1) is 0 Å². The maximum absolute atomic E-state index is 12.0. The number of nitrogens with zero attached hydrogens (tertiary/aromatic N) is 1. The molecule has 1 saturated heterocycles. The van der Waals surface area contributed by atoms with E-state index in [2.05, 4.69) is 9.97 Å². The molecule has 0 bridgehead atoms. The van der Waals surface area contributed by atoms with Gasteiger partial charge < -0.3 is 20.0 Å². The molecule has 7 heteroatoms. The molecule has 17 heavy (non-hydrogen) atoms. The molecule has 7 nitrogen and oxygen atoms in total. The number of imidazole rings is 1. The Balaban J connectivity index is 2.22. The minimum absolute atomic E-state index is 0.100. The number of carboxylic acids is 1. The third kappa shape index (κ3) is 2.22. The standard InChI is InChI=1S/C10H13N3O4/c14-8(6-5-11-10(17)12-6)13-4-2-1-3-7(13)9(15)16/h5,7H,1-4H2,(H,15,16)(H2,11,12,17)/t7-/m1/s1. The Morgan fingerprint density at radius 3 is 2.76 bits per heavy atom. The van der Waals surface area contributed by atoms with Crippen molar-refractivity contribution in [1.82, 2.24) is 14.9 Å². The van der Waals surface area contributed by atoms with Crippen molar-refractivity contribution in [2.45, 2.75) is 25.3 Å². The van der Waals surface area contributed by atoms with E-state index in [1.807, 2.05) is 0 Å². The van der Waals surface area contributed by atoms with Gasteiger partial charge in [-0.2, -0.15) is 0 Å². The second-order valence-electron chi connectivity index (χ2n) is 4.00. The zero-order valence-corrected chi connectivity index (χ0v) is 9.10. The van der Waals surface area contributed by atoms with Crippen LogP contribution in [0.2, 0.25) is 0 Å². The number of aliphatic carboxylic acids is 1. The lowest BCUT2D eigenvalue weighted by atomic mass is 10.0. The highest BCUT2D eigenvalue weighted by atomic mass is 16.4. The molecule has 1 aliphatic rings. The molecule has 2 heterocycles. The lowest BCUT2D eigenvalue weighted by Gasteiger charge is -2.32. The van der Waals surface area contributed by atoms with Crippen LogP contribution >= 0.6 is 0 Å². The van der Waals surface area contributed by atoms with Gasteiger partial charge in [0.25, 0.3) is 5.91 Å². The highest BCUT2D eigenvalue weighted by Gasteiger charge is 2.32. The van der Waals surface area contributed by atoms with Gasteiger partial charge in [0.1, 0.15) is 11.7 Å². The summed E-state index contributed by atoms with van der Waals surface area (Å²) in [7, 11) is 0. The van der Waals surface area contributed by atoms with Crippen molar-refractivity contribution in [2.24, 2.45) is 0 Å². The van der Waals surface area contributed by atoms with Crippen molar-refractivity contribution in [3.8, 4) is 0 Å². The molecule has 1 fully saturated rings. The topological polar surface area (TPSA) is 106 Å². The fourth-order valence-electron chi connectivity index (χ4n) is 2.03. The fraction of sp³-hybridized carbons (Fsp3) is 0.500. The summed E-state index contributed by atoms with van der Waals surface area (Å²) in [6.45, 7) is 0.406. The molecule has 0 aromatic carbocycles. The summed E-state index contributed by atoms with van der Waals surface area (Å²) in [5.74, 6) is -1.45. The fourth-order valence-corrected chi connectivity index (χ4v) is 2.03. The Labute approximate surface area is 96.4 Å². The number of likely N-dealkylation sites (tertiary alicyclic amines) is 1. The van der Waals surface area contributed by atoms with Crippen LogP contribution in [-0.2, 0) is 4.79 Å². The molecule has 1 atom stereocenters. The second kappa shape index (κ2) is 4.44. The lowest BCUT2D eigenvalue weighted by Crippen LogP contribution is -2.48. The first-order valence-electron chi connectivity index (χ1n) is 5.41. The zero-order chi connectivity index (χ0) is 12.4. The first kappa shape index (κ1) is 11.4. The van der Waals surface area contributed by atoms with Crippen molar-refractivity contribution in [3.63, 3.8) is 0 Å².